The number of hydrogen-bond donors (Lipinski definition) is 3. The van der Waals surface area contributed by atoms with Gasteiger partial charge in [-0.15, -0.1) is 0 Å². The van der Waals surface area contributed by atoms with E-state index in [9.17, 15) is 10.3 Å². The molecule has 0 bridgehead atoms. The summed E-state index contributed by atoms with van der Waals surface area (Å²) in [6, 6.07) is 10.5. The highest BCUT2D eigenvalue weighted by molar-refractivity contribution is 6.12. The fourth-order valence-electron chi connectivity index (χ4n) is 2.79. The average molecular weight is 322 g/mol. The van der Waals surface area contributed by atoms with E-state index >= 15 is 0 Å². The van der Waals surface area contributed by atoms with E-state index in [-0.39, 0.29) is 11.6 Å². The van der Waals surface area contributed by atoms with Crippen LogP contribution in [0.5, 0.6) is 5.75 Å². The van der Waals surface area contributed by atoms with Gasteiger partial charge < -0.3 is 16.0 Å². The second-order valence-electron chi connectivity index (χ2n) is 5.41. The third-order valence-electron chi connectivity index (χ3n) is 4.01. The second kappa shape index (κ2) is 6.08. The summed E-state index contributed by atoms with van der Waals surface area (Å²) >= 11 is 0. The highest BCUT2D eigenvalue weighted by atomic mass is 16.4. The van der Waals surface area contributed by atoms with E-state index in [2.05, 4.69) is 10.1 Å². The van der Waals surface area contributed by atoms with Gasteiger partial charge in [0.05, 0.1) is 11.3 Å². The first-order valence-electron chi connectivity index (χ1n) is 7.48. The van der Waals surface area contributed by atoms with Crippen LogP contribution in [0.25, 0.3) is 22.3 Å². The Morgan fingerprint density at radius 2 is 1.96 bits per heavy atom. The van der Waals surface area contributed by atoms with Gasteiger partial charge in [0, 0.05) is 17.3 Å². The molecular weight excluding hydrogens is 304 g/mol. The third kappa shape index (κ3) is 2.38. The van der Waals surface area contributed by atoms with Crippen LogP contribution in [0.4, 0.5) is 0 Å². The lowest BCUT2D eigenvalue weighted by molar-refractivity contribution is 0.318. The number of allylic oxidation sites excluding steroid dienone is 2. The molecule has 0 unspecified atom stereocenters. The van der Waals surface area contributed by atoms with Gasteiger partial charge >= 0.3 is 0 Å². The number of aromatic hydroxyl groups is 1. The van der Waals surface area contributed by atoms with Crippen molar-refractivity contribution in [2.45, 2.75) is 13.8 Å². The van der Waals surface area contributed by atoms with E-state index in [0.29, 0.717) is 11.2 Å². The summed E-state index contributed by atoms with van der Waals surface area (Å²) in [5.74, 6) is 0.214. The maximum absolute atomic E-state index is 9.56. The zero-order valence-electron chi connectivity index (χ0n) is 13.4. The predicted molar refractivity (Wildman–Crippen MR) is 94.6 cm³/mol. The van der Waals surface area contributed by atoms with Crippen molar-refractivity contribution < 1.29 is 10.3 Å². The molecule has 0 atom stereocenters. The van der Waals surface area contributed by atoms with Crippen molar-refractivity contribution in [3.63, 3.8) is 0 Å². The minimum atomic E-state index is 0.0294. The van der Waals surface area contributed by atoms with E-state index in [1.54, 1.807) is 30.5 Å². The summed E-state index contributed by atoms with van der Waals surface area (Å²) in [5, 5.41) is 22.8. The lowest BCUT2D eigenvalue weighted by Gasteiger charge is -2.12. The molecular formula is C18H18N4O2. The number of aromatic nitrogens is 2. The second-order valence-corrected chi connectivity index (χ2v) is 5.41. The molecule has 6 heteroatoms. The van der Waals surface area contributed by atoms with Gasteiger partial charge in [0.15, 0.2) is 5.84 Å². The quantitative estimate of drug-likeness (QED) is 0.298. The SMILES string of the molecule is CC=C(C)c1c(C(N)=NO)c2cccnc2n1-c1ccc(O)cc1. The number of nitrogens with zero attached hydrogens (tertiary/aromatic N) is 3. The molecule has 3 aromatic rings. The Labute approximate surface area is 139 Å². The summed E-state index contributed by atoms with van der Waals surface area (Å²) in [4.78, 5) is 4.48. The molecule has 6 nitrogen and oxygen atoms in total. The smallest absolute Gasteiger partial charge is 0.172 e. The fraction of sp³-hybridized carbons (Fsp3) is 0.111. The molecule has 0 aliphatic rings. The Kier molecular flexibility index (Phi) is 3.95. The van der Waals surface area contributed by atoms with Crippen LogP contribution >= 0.6 is 0 Å². The Morgan fingerprint density at radius 3 is 2.58 bits per heavy atom. The van der Waals surface area contributed by atoms with Gasteiger partial charge in [-0.2, -0.15) is 0 Å². The summed E-state index contributed by atoms with van der Waals surface area (Å²) in [6.45, 7) is 3.89. The minimum absolute atomic E-state index is 0.0294. The van der Waals surface area contributed by atoms with Crippen LogP contribution in [0.2, 0.25) is 0 Å². The fourth-order valence-corrected chi connectivity index (χ4v) is 2.79. The van der Waals surface area contributed by atoms with Crippen LogP contribution in [0.3, 0.4) is 0 Å². The number of benzene rings is 1. The van der Waals surface area contributed by atoms with Gasteiger partial charge in [0.2, 0.25) is 0 Å². The molecule has 0 fully saturated rings. The van der Waals surface area contributed by atoms with Crippen molar-refractivity contribution in [3.8, 4) is 11.4 Å². The number of phenols is 1. The molecule has 122 valence electrons. The van der Waals surface area contributed by atoms with Crippen molar-refractivity contribution in [2.24, 2.45) is 10.9 Å². The highest BCUT2D eigenvalue weighted by Gasteiger charge is 2.22. The number of nitrogens with two attached hydrogens (primary N) is 1. The Balaban J connectivity index is 2.49. The largest absolute Gasteiger partial charge is 0.508 e. The van der Waals surface area contributed by atoms with Crippen LogP contribution in [-0.2, 0) is 0 Å². The van der Waals surface area contributed by atoms with E-state index in [0.717, 1.165) is 22.3 Å². The van der Waals surface area contributed by atoms with Crippen LogP contribution < -0.4 is 5.73 Å². The molecule has 1 aromatic carbocycles. The number of phenolic OH excluding ortho intramolecular Hbond substituents is 1. The summed E-state index contributed by atoms with van der Waals surface area (Å²) in [5.41, 5.74) is 9.87. The van der Waals surface area contributed by atoms with Gasteiger partial charge in [0.1, 0.15) is 11.4 Å². The van der Waals surface area contributed by atoms with Gasteiger partial charge in [0.25, 0.3) is 0 Å². The number of oxime groups is 1. The number of amidine groups is 1. The minimum Gasteiger partial charge on any atom is -0.508 e. The van der Waals surface area contributed by atoms with Gasteiger partial charge in [-0.05, 0) is 55.8 Å². The van der Waals surface area contributed by atoms with Crippen LogP contribution in [0, 0.1) is 0 Å². The zero-order chi connectivity index (χ0) is 17.3. The van der Waals surface area contributed by atoms with Crippen LogP contribution in [-0.4, -0.2) is 25.7 Å². The summed E-state index contributed by atoms with van der Waals surface area (Å²) in [6.07, 6.45) is 3.66. The monoisotopic (exact) mass is 322 g/mol. The van der Waals surface area contributed by atoms with Crippen LogP contribution in [0.15, 0.2) is 53.8 Å². The van der Waals surface area contributed by atoms with E-state index in [1.165, 1.54) is 0 Å². The first-order valence-corrected chi connectivity index (χ1v) is 7.48. The van der Waals surface area contributed by atoms with Gasteiger partial charge in [-0.3, -0.25) is 4.57 Å². The van der Waals surface area contributed by atoms with Crippen LogP contribution in [0.1, 0.15) is 25.1 Å². The van der Waals surface area contributed by atoms with Crippen molar-refractivity contribution in [2.75, 3.05) is 0 Å². The first-order chi connectivity index (χ1) is 11.6. The molecule has 4 N–H and O–H groups in total. The topological polar surface area (TPSA) is 96.7 Å². The van der Waals surface area contributed by atoms with Crippen molar-refractivity contribution >= 4 is 22.4 Å². The third-order valence-corrected chi connectivity index (χ3v) is 4.01. The molecule has 0 saturated heterocycles. The maximum Gasteiger partial charge on any atom is 0.172 e. The lowest BCUT2D eigenvalue weighted by Crippen LogP contribution is -2.15. The number of pyridine rings is 1. The number of hydrogen-bond acceptors (Lipinski definition) is 4. The predicted octanol–water partition coefficient (Wildman–Crippen LogP) is 3.25. The first kappa shape index (κ1) is 15.6. The average Bonchev–Trinajstić information content (AvgIpc) is 2.96. The lowest BCUT2D eigenvalue weighted by atomic mass is 10.1. The molecule has 0 amide bonds. The Hall–Kier alpha value is -3.28. The van der Waals surface area contributed by atoms with Crippen molar-refractivity contribution in [1.29, 1.82) is 0 Å². The molecule has 0 aliphatic carbocycles. The molecule has 0 spiro atoms. The number of fused-ring (bicyclic) bond motifs is 1. The molecule has 3 rings (SSSR count). The summed E-state index contributed by atoms with van der Waals surface area (Å²) in [7, 11) is 0. The molecule has 0 radical (unpaired) electrons. The number of rotatable bonds is 3. The Morgan fingerprint density at radius 1 is 1.25 bits per heavy atom. The molecule has 2 heterocycles. The molecule has 24 heavy (non-hydrogen) atoms. The van der Waals surface area contributed by atoms with E-state index < -0.39 is 0 Å². The molecule has 2 aromatic heterocycles. The standard InChI is InChI=1S/C18H18N4O2/c1-3-11(2)16-15(17(19)21-24)14-5-4-10-20-18(14)22(16)12-6-8-13(23)9-7-12/h3-10,23-24H,1-2H3,(H2,19,21). The van der Waals surface area contributed by atoms with Gasteiger partial charge in [-0.25, -0.2) is 4.98 Å². The van der Waals surface area contributed by atoms with Gasteiger partial charge in [-0.1, -0.05) is 11.2 Å². The Bertz CT molecular complexity index is 953. The molecule has 0 saturated carbocycles. The highest BCUT2D eigenvalue weighted by Crippen LogP contribution is 2.33. The summed E-state index contributed by atoms with van der Waals surface area (Å²) < 4.78 is 1.94. The van der Waals surface area contributed by atoms with E-state index in [4.69, 9.17) is 5.73 Å². The van der Waals surface area contributed by atoms with Crippen molar-refractivity contribution in [1.82, 2.24) is 9.55 Å². The maximum atomic E-state index is 9.56. The molecule has 0 aliphatic heterocycles. The normalized spacial score (nSPS) is 12.8. The van der Waals surface area contributed by atoms with Crippen molar-refractivity contribution in [3.05, 3.63) is 59.9 Å². The zero-order valence-corrected chi connectivity index (χ0v) is 13.4. The van der Waals surface area contributed by atoms with E-state index in [1.807, 2.05) is 36.6 Å².